The molecular weight excluding hydrogens is 384 g/mol. The van der Waals surface area contributed by atoms with E-state index in [0.29, 0.717) is 32.5 Å². The lowest BCUT2D eigenvalue weighted by Crippen LogP contribution is -2.47. The predicted molar refractivity (Wildman–Crippen MR) is 110 cm³/mol. The molecule has 6 nitrogen and oxygen atoms in total. The maximum Gasteiger partial charge on any atom is 0.323 e. The van der Waals surface area contributed by atoms with Gasteiger partial charge >= 0.3 is 11.9 Å². The van der Waals surface area contributed by atoms with Crippen LogP contribution in [0.1, 0.15) is 65.2 Å². The predicted octanol–water partition coefficient (Wildman–Crippen LogP) is 3.73. The molecule has 0 aromatic rings. The Bertz CT molecular complexity index is 764. The average molecular weight is 417 g/mol. The minimum Gasteiger partial charge on any atom is -0.465 e. The van der Waals surface area contributed by atoms with Crippen LogP contribution >= 0.6 is 0 Å². The number of ether oxygens (including phenoxy) is 2. The van der Waals surface area contributed by atoms with E-state index in [2.05, 4.69) is 0 Å². The van der Waals surface area contributed by atoms with Gasteiger partial charge in [-0.3, -0.25) is 19.2 Å². The summed E-state index contributed by atoms with van der Waals surface area (Å²) in [6.07, 6.45) is 13.9. The molecule has 0 amide bonds. The number of allylic oxidation sites excluding steroid dienone is 3. The molecule has 0 aromatic carbocycles. The Kier molecular flexibility index (Phi) is 6.94. The van der Waals surface area contributed by atoms with Crippen molar-refractivity contribution in [3.63, 3.8) is 0 Å². The monoisotopic (exact) mass is 416 g/mol. The van der Waals surface area contributed by atoms with Crippen LogP contribution < -0.4 is 0 Å². The second-order valence-electron chi connectivity index (χ2n) is 8.58. The summed E-state index contributed by atoms with van der Waals surface area (Å²) >= 11 is 0. The van der Waals surface area contributed by atoms with E-state index in [0.717, 1.165) is 32.1 Å². The third-order valence-corrected chi connectivity index (χ3v) is 6.82. The van der Waals surface area contributed by atoms with Crippen molar-refractivity contribution < 1.29 is 28.7 Å². The highest BCUT2D eigenvalue weighted by Crippen LogP contribution is 2.44. The second kappa shape index (κ2) is 9.27. The van der Waals surface area contributed by atoms with Crippen molar-refractivity contribution >= 4 is 23.5 Å². The first-order valence-corrected chi connectivity index (χ1v) is 11.2. The molecule has 2 fully saturated rings. The third-order valence-electron chi connectivity index (χ3n) is 6.82. The molecule has 0 aliphatic heterocycles. The van der Waals surface area contributed by atoms with Crippen LogP contribution in [0.25, 0.3) is 0 Å². The van der Waals surface area contributed by atoms with Gasteiger partial charge in [0.2, 0.25) is 0 Å². The van der Waals surface area contributed by atoms with E-state index in [1.807, 2.05) is 18.2 Å². The van der Waals surface area contributed by atoms with Crippen LogP contribution in [0.15, 0.2) is 24.3 Å². The number of fused-ring (bicyclic) bond motifs is 4. The quantitative estimate of drug-likeness (QED) is 0.394. The molecule has 0 radical (unpaired) electrons. The van der Waals surface area contributed by atoms with Gasteiger partial charge in [0.25, 0.3) is 0 Å². The van der Waals surface area contributed by atoms with E-state index >= 15 is 0 Å². The molecule has 0 heterocycles. The Hall–Kier alpha value is -2.24. The lowest BCUT2D eigenvalue weighted by molar-refractivity contribution is -0.164. The van der Waals surface area contributed by atoms with Crippen LogP contribution in [0.5, 0.6) is 0 Å². The van der Waals surface area contributed by atoms with Gasteiger partial charge in [-0.1, -0.05) is 37.1 Å². The molecule has 4 rings (SSSR count). The molecule has 0 N–H and O–H groups in total. The molecule has 4 bridgehead atoms. The zero-order valence-corrected chi connectivity index (χ0v) is 18.0. The first-order chi connectivity index (χ1) is 14.4. The summed E-state index contributed by atoms with van der Waals surface area (Å²) in [6, 6.07) is 0. The molecule has 0 spiro atoms. The lowest BCUT2D eigenvalue weighted by Gasteiger charge is -2.38. The Balaban J connectivity index is 0.000000171. The Morgan fingerprint density at radius 2 is 1.67 bits per heavy atom. The molecule has 30 heavy (non-hydrogen) atoms. The molecule has 0 saturated heterocycles. The zero-order chi connectivity index (χ0) is 21.8. The normalized spacial score (nSPS) is 33.9. The van der Waals surface area contributed by atoms with Crippen LogP contribution in [0, 0.1) is 22.7 Å². The molecule has 4 aliphatic carbocycles. The molecule has 4 atom stereocenters. The summed E-state index contributed by atoms with van der Waals surface area (Å²) in [7, 11) is 0. The van der Waals surface area contributed by atoms with Crippen LogP contribution in [-0.2, 0) is 28.7 Å². The highest BCUT2D eigenvalue weighted by Gasteiger charge is 2.52. The second-order valence-corrected chi connectivity index (χ2v) is 8.58. The highest BCUT2D eigenvalue weighted by atomic mass is 16.5. The third kappa shape index (κ3) is 3.88. The Morgan fingerprint density at radius 1 is 0.967 bits per heavy atom. The number of carbonyl (C=O) groups is 4. The number of Topliss-reactive ketones (excluding diaryl/α,β-unsaturated/α-hetero) is 2. The van der Waals surface area contributed by atoms with Crippen molar-refractivity contribution in [2.75, 3.05) is 13.2 Å². The van der Waals surface area contributed by atoms with Crippen molar-refractivity contribution in [1.82, 2.24) is 0 Å². The van der Waals surface area contributed by atoms with E-state index in [9.17, 15) is 19.2 Å². The van der Waals surface area contributed by atoms with Gasteiger partial charge in [0.05, 0.1) is 13.2 Å². The van der Waals surface area contributed by atoms with E-state index in [1.165, 1.54) is 0 Å². The maximum atomic E-state index is 12.1. The number of rotatable bonds is 4. The Morgan fingerprint density at radius 3 is 2.40 bits per heavy atom. The molecule has 2 saturated carbocycles. The van der Waals surface area contributed by atoms with Gasteiger partial charge < -0.3 is 9.47 Å². The van der Waals surface area contributed by atoms with Gasteiger partial charge in [-0.05, 0) is 52.4 Å². The van der Waals surface area contributed by atoms with E-state index in [1.54, 1.807) is 19.9 Å². The summed E-state index contributed by atoms with van der Waals surface area (Å²) in [5, 5.41) is 0. The highest BCUT2D eigenvalue weighted by molar-refractivity contribution is 6.08. The van der Waals surface area contributed by atoms with Crippen molar-refractivity contribution in [1.29, 1.82) is 0 Å². The van der Waals surface area contributed by atoms with Crippen molar-refractivity contribution in [3.8, 4) is 0 Å². The molecule has 6 heteroatoms. The topological polar surface area (TPSA) is 86.7 Å². The molecule has 4 aliphatic rings. The summed E-state index contributed by atoms with van der Waals surface area (Å²) in [6.45, 7) is 4.23. The first-order valence-electron chi connectivity index (χ1n) is 11.2. The van der Waals surface area contributed by atoms with Gasteiger partial charge in [-0.15, -0.1) is 0 Å². The number of esters is 2. The van der Waals surface area contributed by atoms with Gasteiger partial charge in [-0.25, -0.2) is 0 Å². The molecule has 4 unspecified atom stereocenters. The SMILES string of the molecule is CCOC(=O)C12C=CCC(CCC1)C2=O.CCOC(=O)C12CC=CC(CCC1)C2=O. The number of hydrogen-bond donors (Lipinski definition) is 0. The molecule has 164 valence electrons. The minimum absolute atomic E-state index is 0.0445. The average Bonchev–Trinajstić information content (AvgIpc) is 2.69. The van der Waals surface area contributed by atoms with Crippen LogP contribution in [-0.4, -0.2) is 36.7 Å². The van der Waals surface area contributed by atoms with Crippen molar-refractivity contribution in [3.05, 3.63) is 24.3 Å². The molecule has 0 aromatic heterocycles. The summed E-state index contributed by atoms with van der Waals surface area (Å²) in [4.78, 5) is 47.9. The van der Waals surface area contributed by atoms with Gasteiger partial charge in [0, 0.05) is 11.8 Å². The summed E-state index contributed by atoms with van der Waals surface area (Å²) in [5.74, 6) is -0.505. The van der Waals surface area contributed by atoms with E-state index < -0.39 is 10.8 Å². The smallest absolute Gasteiger partial charge is 0.323 e. The van der Waals surface area contributed by atoms with Crippen LogP contribution in [0.4, 0.5) is 0 Å². The van der Waals surface area contributed by atoms with E-state index in [4.69, 9.17) is 9.47 Å². The van der Waals surface area contributed by atoms with Crippen molar-refractivity contribution in [2.45, 2.75) is 65.2 Å². The van der Waals surface area contributed by atoms with Crippen LogP contribution in [0.3, 0.4) is 0 Å². The summed E-state index contributed by atoms with van der Waals surface area (Å²) in [5.41, 5.74) is -1.77. The Labute approximate surface area is 178 Å². The van der Waals surface area contributed by atoms with Gasteiger partial charge in [0.1, 0.15) is 10.8 Å². The van der Waals surface area contributed by atoms with Crippen molar-refractivity contribution in [2.24, 2.45) is 22.7 Å². The fourth-order valence-corrected chi connectivity index (χ4v) is 5.21. The number of hydrogen-bond acceptors (Lipinski definition) is 6. The largest absolute Gasteiger partial charge is 0.465 e. The van der Waals surface area contributed by atoms with E-state index in [-0.39, 0.29) is 35.3 Å². The minimum atomic E-state index is -0.933. The van der Waals surface area contributed by atoms with Gasteiger partial charge in [0.15, 0.2) is 11.6 Å². The summed E-state index contributed by atoms with van der Waals surface area (Å²) < 4.78 is 10.1. The first kappa shape index (κ1) is 22.4. The standard InChI is InChI=1S/2C12H16O3/c2*1-2-15-11(14)12-7-3-5-9(10(12)13)6-4-8-12/h3,7,9H,2,4-6,8H2,1H3;3,5,9H,2,4,6-8H2,1H3. The lowest BCUT2D eigenvalue weighted by atomic mass is 9.64. The number of carbonyl (C=O) groups excluding carboxylic acids is 4. The van der Waals surface area contributed by atoms with Crippen LogP contribution in [0.2, 0.25) is 0 Å². The fourth-order valence-electron chi connectivity index (χ4n) is 5.21. The zero-order valence-electron chi connectivity index (χ0n) is 18.0. The maximum absolute atomic E-state index is 12.1. The molecular formula is C24H32O6. The number of ketones is 2. The van der Waals surface area contributed by atoms with Gasteiger partial charge in [-0.2, -0.15) is 0 Å². The fraction of sp³-hybridized carbons (Fsp3) is 0.667.